The Morgan fingerprint density at radius 1 is 1.00 bits per heavy atom. The third kappa shape index (κ3) is 3.61. The average molecular weight is 291 g/mol. The molecule has 0 aliphatic heterocycles. The lowest BCUT2D eigenvalue weighted by Crippen LogP contribution is -2.12. The summed E-state index contributed by atoms with van der Waals surface area (Å²) in [4.78, 5) is 12.0. The van der Waals surface area contributed by atoms with E-state index in [0.29, 0.717) is 12.2 Å². The number of amides is 1. The molecule has 3 aromatic rings. The van der Waals surface area contributed by atoms with Gasteiger partial charge in [-0.05, 0) is 17.5 Å². The van der Waals surface area contributed by atoms with E-state index in [4.69, 9.17) is 0 Å². The zero-order chi connectivity index (χ0) is 15.2. The minimum absolute atomic E-state index is 0.0324. The molecule has 0 saturated heterocycles. The Bertz CT molecular complexity index is 735. The van der Waals surface area contributed by atoms with E-state index in [0.717, 1.165) is 23.2 Å². The monoisotopic (exact) mass is 291 g/mol. The lowest BCUT2D eigenvalue weighted by atomic mass is 10.1. The molecule has 110 valence electrons. The topological polar surface area (TPSA) is 57.8 Å². The molecule has 0 aliphatic carbocycles. The summed E-state index contributed by atoms with van der Waals surface area (Å²) in [6, 6.07) is 21.7. The van der Waals surface area contributed by atoms with Gasteiger partial charge in [0.25, 0.3) is 0 Å². The lowest BCUT2D eigenvalue weighted by molar-refractivity contribution is -0.116. The first-order valence-corrected chi connectivity index (χ1v) is 7.26. The minimum atomic E-state index is -0.0324. The van der Waals surface area contributed by atoms with Crippen LogP contribution in [0.15, 0.2) is 66.7 Å². The van der Waals surface area contributed by atoms with Crippen molar-refractivity contribution in [3.8, 4) is 11.3 Å². The fourth-order valence-corrected chi connectivity index (χ4v) is 2.26. The molecule has 2 aromatic carbocycles. The Kier molecular flexibility index (Phi) is 4.30. The van der Waals surface area contributed by atoms with E-state index in [2.05, 4.69) is 15.5 Å². The number of nitrogens with zero attached hydrogens (tertiary/aromatic N) is 1. The van der Waals surface area contributed by atoms with Crippen molar-refractivity contribution in [3.63, 3.8) is 0 Å². The van der Waals surface area contributed by atoms with Gasteiger partial charge < -0.3 is 5.32 Å². The molecule has 4 heteroatoms. The van der Waals surface area contributed by atoms with Crippen molar-refractivity contribution in [1.29, 1.82) is 0 Å². The van der Waals surface area contributed by atoms with E-state index < -0.39 is 0 Å². The first kappa shape index (κ1) is 14.1. The van der Waals surface area contributed by atoms with Crippen molar-refractivity contribution >= 4 is 11.7 Å². The van der Waals surface area contributed by atoms with Crippen molar-refractivity contribution in [2.75, 3.05) is 5.32 Å². The Balaban J connectivity index is 1.57. The molecule has 0 saturated carbocycles. The van der Waals surface area contributed by atoms with Gasteiger partial charge in [0, 0.05) is 12.5 Å². The fraction of sp³-hybridized carbons (Fsp3) is 0.111. The molecule has 1 heterocycles. The number of aromatic nitrogens is 2. The van der Waals surface area contributed by atoms with Crippen LogP contribution in [0, 0.1) is 0 Å². The Morgan fingerprint density at radius 3 is 2.41 bits per heavy atom. The standard InChI is InChI=1S/C18H17N3O/c22-18(12-11-14-7-3-1-4-8-14)19-17-13-16(20-21-17)15-9-5-2-6-10-15/h1-10,13H,11-12H2,(H2,19,20,21,22). The van der Waals surface area contributed by atoms with Gasteiger partial charge in [-0.2, -0.15) is 5.10 Å². The first-order chi connectivity index (χ1) is 10.8. The molecule has 0 atom stereocenters. The van der Waals surface area contributed by atoms with E-state index in [9.17, 15) is 4.79 Å². The van der Waals surface area contributed by atoms with Crippen LogP contribution in [0.5, 0.6) is 0 Å². The zero-order valence-electron chi connectivity index (χ0n) is 12.1. The van der Waals surface area contributed by atoms with Crippen molar-refractivity contribution in [1.82, 2.24) is 10.2 Å². The largest absolute Gasteiger partial charge is 0.309 e. The first-order valence-electron chi connectivity index (χ1n) is 7.26. The molecule has 0 unspecified atom stereocenters. The summed E-state index contributed by atoms with van der Waals surface area (Å²) in [5, 5.41) is 9.89. The molecule has 2 N–H and O–H groups in total. The van der Waals surface area contributed by atoms with Crippen LogP contribution in [0.1, 0.15) is 12.0 Å². The number of benzene rings is 2. The minimum Gasteiger partial charge on any atom is -0.309 e. The van der Waals surface area contributed by atoms with Gasteiger partial charge in [0.05, 0.1) is 5.69 Å². The Morgan fingerprint density at radius 2 is 1.68 bits per heavy atom. The van der Waals surface area contributed by atoms with Crippen LogP contribution in [-0.4, -0.2) is 16.1 Å². The molecular weight excluding hydrogens is 274 g/mol. The number of carbonyl (C=O) groups is 1. The third-order valence-corrected chi connectivity index (χ3v) is 3.41. The molecule has 0 radical (unpaired) electrons. The molecule has 0 fully saturated rings. The number of anilines is 1. The molecular formula is C18H17N3O. The summed E-state index contributed by atoms with van der Waals surface area (Å²) in [6.07, 6.45) is 1.17. The normalized spacial score (nSPS) is 10.4. The molecule has 0 spiro atoms. The number of rotatable bonds is 5. The number of H-pyrrole nitrogens is 1. The SMILES string of the molecule is O=C(CCc1ccccc1)Nc1cc(-c2ccccc2)[nH]n1. The van der Waals surface area contributed by atoms with Crippen molar-refractivity contribution < 1.29 is 4.79 Å². The number of carbonyl (C=O) groups excluding carboxylic acids is 1. The van der Waals surface area contributed by atoms with Gasteiger partial charge in [0.2, 0.25) is 5.91 Å². The van der Waals surface area contributed by atoms with Crippen LogP contribution < -0.4 is 5.32 Å². The highest BCUT2D eigenvalue weighted by atomic mass is 16.1. The van der Waals surface area contributed by atoms with Gasteiger partial charge in [-0.25, -0.2) is 0 Å². The molecule has 1 amide bonds. The van der Waals surface area contributed by atoms with Gasteiger partial charge >= 0.3 is 0 Å². The van der Waals surface area contributed by atoms with Crippen LogP contribution in [0.25, 0.3) is 11.3 Å². The smallest absolute Gasteiger partial charge is 0.225 e. The van der Waals surface area contributed by atoms with Gasteiger partial charge in [-0.15, -0.1) is 0 Å². The summed E-state index contributed by atoms with van der Waals surface area (Å²) in [6.45, 7) is 0. The summed E-state index contributed by atoms with van der Waals surface area (Å²) in [5.74, 6) is 0.520. The molecule has 3 rings (SSSR count). The van der Waals surface area contributed by atoms with Crippen LogP contribution in [0.4, 0.5) is 5.82 Å². The summed E-state index contributed by atoms with van der Waals surface area (Å²) < 4.78 is 0. The number of hydrogen-bond acceptors (Lipinski definition) is 2. The van der Waals surface area contributed by atoms with Crippen LogP contribution in [0.3, 0.4) is 0 Å². The molecule has 22 heavy (non-hydrogen) atoms. The lowest BCUT2D eigenvalue weighted by Gasteiger charge is -2.02. The van der Waals surface area contributed by atoms with Gasteiger partial charge in [0.1, 0.15) is 0 Å². The summed E-state index contributed by atoms with van der Waals surface area (Å²) >= 11 is 0. The maximum Gasteiger partial charge on any atom is 0.225 e. The highest BCUT2D eigenvalue weighted by molar-refractivity contribution is 5.90. The Labute approximate surface area is 129 Å². The number of hydrogen-bond donors (Lipinski definition) is 2. The van der Waals surface area contributed by atoms with Crippen LogP contribution >= 0.6 is 0 Å². The second-order valence-corrected chi connectivity index (χ2v) is 5.07. The maximum atomic E-state index is 12.0. The van der Waals surface area contributed by atoms with Gasteiger partial charge in [0.15, 0.2) is 5.82 Å². The zero-order valence-corrected chi connectivity index (χ0v) is 12.1. The number of aromatic amines is 1. The third-order valence-electron chi connectivity index (χ3n) is 3.41. The number of aryl methyl sites for hydroxylation is 1. The van der Waals surface area contributed by atoms with E-state index >= 15 is 0 Å². The maximum absolute atomic E-state index is 12.0. The average Bonchev–Trinajstić information content (AvgIpc) is 3.03. The molecule has 4 nitrogen and oxygen atoms in total. The van der Waals surface area contributed by atoms with E-state index in [1.54, 1.807) is 0 Å². The van der Waals surface area contributed by atoms with E-state index in [1.807, 2.05) is 66.7 Å². The summed E-state index contributed by atoms with van der Waals surface area (Å²) in [5.41, 5.74) is 3.09. The van der Waals surface area contributed by atoms with Crippen molar-refractivity contribution in [2.24, 2.45) is 0 Å². The highest BCUT2D eigenvalue weighted by Gasteiger charge is 2.07. The highest BCUT2D eigenvalue weighted by Crippen LogP contribution is 2.19. The predicted octanol–water partition coefficient (Wildman–Crippen LogP) is 3.65. The number of nitrogens with one attached hydrogen (secondary N) is 2. The van der Waals surface area contributed by atoms with Crippen molar-refractivity contribution in [2.45, 2.75) is 12.8 Å². The van der Waals surface area contributed by atoms with Gasteiger partial charge in [-0.3, -0.25) is 9.89 Å². The predicted molar refractivity (Wildman–Crippen MR) is 87.4 cm³/mol. The second kappa shape index (κ2) is 6.72. The van der Waals surface area contributed by atoms with Crippen molar-refractivity contribution in [3.05, 3.63) is 72.3 Å². The quantitative estimate of drug-likeness (QED) is 0.754. The fourth-order valence-electron chi connectivity index (χ4n) is 2.26. The molecule has 1 aromatic heterocycles. The van der Waals surface area contributed by atoms with E-state index in [1.165, 1.54) is 0 Å². The van der Waals surface area contributed by atoms with Crippen LogP contribution in [-0.2, 0) is 11.2 Å². The van der Waals surface area contributed by atoms with Crippen LogP contribution in [0.2, 0.25) is 0 Å². The summed E-state index contributed by atoms with van der Waals surface area (Å²) in [7, 11) is 0. The Hall–Kier alpha value is -2.88. The molecule has 0 aliphatic rings. The van der Waals surface area contributed by atoms with Gasteiger partial charge in [-0.1, -0.05) is 60.7 Å². The van der Waals surface area contributed by atoms with E-state index in [-0.39, 0.29) is 5.91 Å². The molecule has 0 bridgehead atoms. The second-order valence-electron chi connectivity index (χ2n) is 5.07.